The standard InChI is InChI=1S/C22H22Cl2N4O/c1-3-15-5-9-17(10-6-15)19(18-11-7-16(4-2)8-12-18)25-13-14-29-22-27-20(23)26-21(24)28-22/h5-12H,3-4,13-14H2,1-2H3. The van der Waals surface area contributed by atoms with Crippen LogP contribution in [0.15, 0.2) is 53.5 Å². The van der Waals surface area contributed by atoms with Gasteiger partial charge < -0.3 is 4.74 Å². The molecular formula is C22H22Cl2N4O. The third-order valence-corrected chi connectivity index (χ3v) is 4.76. The van der Waals surface area contributed by atoms with Gasteiger partial charge in [-0.25, -0.2) is 0 Å². The minimum atomic E-state index is -0.00350. The summed E-state index contributed by atoms with van der Waals surface area (Å²) in [5, 5.41) is -0.00700. The smallest absolute Gasteiger partial charge is 0.322 e. The van der Waals surface area contributed by atoms with E-state index in [1.54, 1.807) is 0 Å². The van der Waals surface area contributed by atoms with Gasteiger partial charge in [0, 0.05) is 11.1 Å². The molecule has 0 radical (unpaired) electrons. The van der Waals surface area contributed by atoms with Crippen LogP contribution in [0.2, 0.25) is 10.6 Å². The SMILES string of the molecule is CCc1ccc(C(=NCCOc2nc(Cl)nc(Cl)n2)c2ccc(CC)cc2)cc1. The van der Waals surface area contributed by atoms with Crippen molar-refractivity contribution in [3.63, 3.8) is 0 Å². The molecule has 3 rings (SSSR count). The molecule has 1 heterocycles. The molecule has 0 fully saturated rings. The van der Waals surface area contributed by atoms with E-state index >= 15 is 0 Å². The summed E-state index contributed by atoms with van der Waals surface area (Å²) in [5.74, 6) is 0. The first-order valence-electron chi connectivity index (χ1n) is 9.52. The van der Waals surface area contributed by atoms with Crippen LogP contribution in [-0.4, -0.2) is 33.8 Å². The van der Waals surface area contributed by atoms with Crippen molar-refractivity contribution >= 4 is 28.9 Å². The number of benzene rings is 2. The Hall–Kier alpha value is -2.50. The molecule has 0 atom stereocenters. The second-order valence-electron chi connectivity index (χ2n) is 6.34. The van der Waals surface area contributed by atoms with Gasteiger partial charge in [0.05, 0.1) is 12.3 Å². The summed E-state index contributed by atoms with van der Waals surface area (Å²) >= 11 is 11.5. The number of hydrogen-bond donors (Lipinski definition) is 0. The first kappa shape index (κ1) is 21.2. The fraction of sp³-hybridized carbons (Fsp3) is 0.273. The summed E-state index contributed by atoms with van der Waals surface area (Å²) in [6.07, 6.45) is 2.01. The highest BCUT2D eigenvalue weighted by atomic mass is 35.5. The van der Waals surface area contributed by atoms with E-state index in [1.807, 2.05) is 0 Å². The molecule has 0 aliphatic rings. The fourth-order valence-corrected chi connectivity index (χ4v) is 3.16. The van der Waals surface area contributed by atoms with Gasteiger partial charge in [0.15, 0.2) is 0 Å². The topological polar surface area (TPSA) is 60.3 Å². The summed E-state index contributed by atoms with van der Waals surface area (Å²) in [5.41, 5.74) is 5.64. The average Bonchev–Trinajstić information content (AvgIpc) is 2.73. The van der Waals surface area contributed by atoms with Crippen LogP contribution in [0.4, 0.5) is 0 Å². The molecule has 3 aromatic rings. The molecular weight excluding hydrogens is 407 g/mol. The van der Waals surface area contributed by atoms with E-state index in [0.717, 1.165) is 29.7 Å². The van der Waals surface area contributed by atoms with E-state index in [1.165, 1.54) is 11.1 Å². The number of aryl methyl sites for hydroxylation is 2. The maximum absolute atomic E-state index is 5.77. The van der Waals surface area contributed by atoms with Crippen molar-refractivity contribution in [1.29, 1.82) is 0 Å². The molecule has 0 aliphatic carbocycles. The van der Waals surface area contributed by atoms with Gasteiger partial charge in [0.1, 0.15) is 6.61 Å². The molecule has 0 aliphatic heterocycles. The number of rotatable bonds is 8. The summed E-state index contributed by atoms with van der Waals surface area (Å²) in [4.78, 5) is 16.3. The summed E-state index contributed by atoms with van der Waals surface area (Å²) in [6, 6.07) is 17.1. The van der Waals surface area contributed by atoms with Gasteiger partial charge in [-0.05, 0) is 47.2 Å². The van der Waals surface area contributed by atoms with Crippen LogP contribution >= 0.6 is 23.2 Å². The molecule has 150 valence electrons. The Morgan fingerprint density at radius 1 is 0.793 bits per heavy atom. The average molecular weight is 429 g/mol. The molecule has 0 amide bonds. The number of halogens is 2. The minimum absolute atomic E-state index is 0.00350. The highest BCUT2D eigenvalue weighted by molar-refractivity contribution is 6.31. The van der Waals surface area contributed by atoms with Gasteiger partial charge in [-0.3, -0.25) is 4.99 Å². The number of hydrogen-bond acceptors (Lipinski definition) is 5. The van der Waals surface area contributed by atoms with E-state index < -0.39 is 0 Å². The monoisotopic (exact) mass is 428 g/mol. The highest BCUT2D eigenvalue weighted by Gasteiger charge is 2.08. The summed E-state index contributed by atoms with van der Waals surface area (Å²) in [6.45, 7) is 5.01. The lowest BCUT2D eigenvalue weighted by Crippen LogP contribution is -2.10. The van der Waals surface area contributed by atoms with Crippen LogP contribution in [0.5, 0.6) is 6.01 Å². The van der Waals surface area contributed by atoms with Gasteiger partial charge >= 0.3 is 6.01 Å². The van der Waals surface area contributed by atoms with E-state index in [2.05, 4.69) is 77.3 Å². The second kappa shape index (κ2) is 10.3. The molecule has 2 aromatic carbocycles. The van der Waals surface area contributed by atoms with Crippen LogP contribution in [0, 0.1) is 0 Å². The van der Waals surface area contributed by atoms with Crippen LogP contribution in [0.1, 0.15) is 36.1 Å². The van der Waals surface area contributed by atoms with Crippen molar-refractivity contribution in [3.05, 3.63) is 81.4 Å². The van der Waals surface area contributed by atoms with E-state index in [0.29, 0.717) is 13.2 Å². The first-order valence-corrected chi connectivity index (χ1v) is 10.3. The third-order valence-electron chi connectivity index (χ3n) is 4.42. The molecule has 0 saturated carbocycles. The zero-order chi connectivity index (χ0) is 20.6. The summed E-state index contributed by atoms with van der Waals surface area (Å²) < 4.78 is 5.52. The molecule has 5 nitrogen and oxygen atoms in total. The lowest BCUT2D eigenvalue weighted by Gasteiger charge is -2.10. The minimum Gasteiger partial charge on any atom is -0.461 e. The van der Waals surface area contributed by atoms with Crippen LogP contribution < -0.4 is 4.74 Å². The van der Waals surface area contributed by atoms with Gasteiger partial charge in [0.25, 0.3) is 0 Å². The molecule has 29 heavy (non-hydrogen) atoms. The maximum Gasteiger partial charge on any atom is 0.322 e. The van der Waals surface area contributed by atoms with Crippen LogP contribution in [0.3, 0.4) is 0 Å². The normalized spacial score (nSPS) is 10.6. The maximum atomic E-state index is 5.77. The van der Waals surface area contributed by atoms with E-state index in [9.17, 15) is 0 Å². The Bertz CT molecular complexity index is 903. The van der Waals surface area contributed by atoms with Crippen LogP contribution in [-0.2, 0) is 12.8 Å². The Morgan fingerprint density at radius 3 is 1.72 bits per heavy atom. The Labute approximate surface area is 180 Å². The quantitative estimate of drug-likeness (QED) is 0.364. The fourth-order valence-electron chi connectivity index (χ4n) is 2.81. The molecule has 0 bridgehead atoms. The third kappa shape index (κ3) is 5.99. The zero-order valence-corrected chi connectivity index (χ0v) is 17.9. The molecule has 7 heteroatoms. The first-order chi connectivity index (χ1) is 14.1. The Kier molecular flexibility index (Phi) is 7.55. The van der Waals surface area contributed by atoms with Gasteiger partial charge in [0.2, 0.25) is 10.6 Å². The Morgan fingerprint density at radius 2 is 1.28 bits per heavy atom. The predicted octanol–water partition coefficient (Wildman–Crippen LogP) is 5.22. The van der Waals surface area contributed by atoms with Crippen molar-refractivity contribution in [1.82, 2.24) is 15.0 Å². The van der Waals surface area contributed by atoms with Crippen molar-refractivity contribution in [3.8, 4) is 6.01 Å². The van der Waals surface area contributed by atoms with E-state index in [-0.39, 0.29) is 16.6 Å². The largest absolute Gasteiger partial charge is 0.461 e. The molecule has 0 saturated heterocycles. The van der Waals surface area contributed by atoms with Gasteiger partial charge in [-0.2, -0.15) is 15.0 Å². The molecule has 0 unspecified atom stereocenters. The Balaban J connectivity index is 1.79. The second-order valence-corrected chi connectivity index (χ2v) is 7.01. The van der Waals surface area contributed by atoms with Crippen molar-refractivity contribution < 1.29 is 4.74 Å². The lowest BCUT2D eigenvalue weighted by molar-refractivity contribution is 0.301. The van der Waals surface area contributed by atoms with Crippen molar-refractivity contribution in [2.24, 2.45) is 4.99 Å². The zero-order valence-electron chi connectivity index (χ0n) is 16.4. The number of ether oxygens (including phenoxy) is 1. The number of nitrogens with zero attached hydrogens (tertiary/aromatic N) is 4. The molecule has 0 spiro atoms. The number of aliphatic imine (C=N–C) groups is 1. The highest BCUT2D eigenvalue weighted by Crippen LogP contribution is 2.15. The van der Waals surface area contributed by atoms with Gasteiger partial charge in [-0.1, -0.05) is 62.4 Å². The van der Waals surface area contributed by atoms with E-state index in [4.69, 9.17) is 32.9 Å². The van der Waals surface area contributed by atoms with Crippen molar-refractivity contribution in [2.75, 3.05) is 13.2 Å². The van der Waals surface area contributed by atoms with Crippen molar-refractivity contribution in [2.45, 2.75) is 26.7 Å². The molecule has 1 aromatic heterocycles. The predicted molar refractivity (Wildman–Crippen MR) is 117 cm³/mol. The molecule has 0 N–H and O–H groups in total. The number of aromatic nitrogens is 3. The van der Waals surface area contributed by atoms with Crippen LogP contribution in [0.25, 0.3) is 0 Å². The summed E-state index contributed by atoms with van der Waals surface area (Å²) in [7, 11) is 0. The lowest BCUT2D eigenvalue weighted by atomic mass is 9.99. The van der Waals surface area contributed by atoms with Gasteiger partial charge in [-0.15, -0.1) is 0 Å².